The second-order valence-corrected chi connectivity index (χ2v) is 5.59. The maximum absolute atomic E-state index is 11.6. The number of likely N-dealkylation sites (tertiary alicyclic amines) is 1. The smallest absolute Gasteiger partial charge is 0.313 e. The Labute approximate surface area is 110 Å². The molecule has 0 bridgehead atoms. The fourth-order valence-corrected chi connectivity index (χ4v) is 3.27. The first-order valence-corrected chi connectivity index (χ1v) is 7.26. The van der Waals surface area contributed by atoms with Crippen LogP contribution in [0.25, 0.3) is 0 Å². The van der Waals surface area contributed by atoms with E-state index in [0.717, 1.165) is 32.5 Å². The van der Waals surface area contributed by atoms with Crippen LogP contribution in [0.4, 0.5) is 0 Å². The highest BCUT2D eigenvalue weighted by molar-refractivity contribution is 7.07. The van der Waals surface area contributed by atoms with E-state index in [1.165, 1.54) is 5.56 Å². The molecule has 5 heteroatoms. The van der Waals surface area contributed by atoms with Gasteiger partial charge in [-0.15, -0.1) is 0 Å². The highest BCUT2D eigenvalue weighted by Gasteiger charge is 2.21. The zero-order chi connectivity index (χ0) is 12.4. The van der Waals surface area contributed by atoms with Gasteiger partial charge in [0.2, 0.25) is 0 Å². The summed E-state index contributed by atoms with van der Waals surface area (Å²) in [6.45, 7) is 3.18. The number of rotatable bonds is 3. The molecule has 0 unspecified atom stereocenters. The average molecular weight is 263 g/mol. The fourth-order valence-electron chi connectivity index (χ4n) is 2.62. The Balaban J connectivity index is 1.58. The Morgan fingerprint density at radius 2 is 2.22 bits per heavy atom. The summed E-state index contributed by atoms with van der Waals surface area (Å²) in [6, 6.07) is 2.55. The van der Waals surface area contributed by atoms with Crippen LogP contribution in [0.5, 0.6) is 0 Å². The first kappa shape index (κ1) is 11.7. The maximum Gasteiger partial charge on any atom is 0.325 e. The third kappa shape index (κ3) is 2.42. The lowest BCUT2D eigenvalue weighted by Gasteiger charge is -2.31. The van der Waals surface area contributed by atoms with Gasteiger partial charge in [-0.25, -0.2) is 4.79 Å². The van der Waals surface area contributed by atoms with Crippen molar-refractivity contribution < 1.29 is 0 Å². The summed E-state index contributed by atoms with van der Waals surface area (Å²) in [6.07, 6.45) is 5.70. The number of piperidine rings is 1. The van der Waals surface area contributed by atoms with Crippen molar-refractivity contribution in [2.75, 3.05) is 13.1 Å². The molecule has 18 heavy (non-hydrogen) atoms. The van der Waals surface area contributed by atoms with Crippen LogP contribution in [-0.4, -0.2) is 27.5 Å². The van der Waals surface area contributed by atoms with Gasteiger partial charge in [-0.2, -0.15) is 11.3 Å². The molecule has 1 aliphatic heterocycles. The maximum atomic E-state index is 11.6. The molecule has 3 rings (SSSR count). The zero-order valence-corrected chi connectivity index (χ0v) is 11.0. The summed E-state index contributed by atoms with van der Waals surface area (Å²) in [7, 11) is 0. The number of H-pyrrole nitrogens is 1. The van der Waals surface area contributed by atoms with E-state index in [1.807, 2.05) is 10.8 Å². The third-order valence-corrected chi connectivity index (χ3v) is 4.35. The zero-order valence-electron chi connectivity index (χ0n) is 10.2. The molecule has 0 aromatic carbocycles. The fraction of sp³-hybridized carbons (Fsp3) is 0.462. The van der Waals surface area contributed by atoms with Gasteiger partial charge in [0.1, 0.15) is 0 Å². The van der Waals surface area contributed by atoms with Crippen LogP contribution in [0, 0.1) is 0 Å². The standard InChI is InChI=1S/C13H17N3OS/c17-13-14-4-7-16(13)12-1-5-15(6-2-12)9-11-3-8-18-10-11/h3-4,7-8,10,12H,1-2,5-6,9H2,(H,14,17). The lowest BCUT2D eigenvalue weighted by Crippen LogP contribution is -2.36. The van der Waals surface area contributed by atoms with Gasteiger partial charge in [0, 0.05) is 38.1 Å². The molecular weight excluding hydrogens is 246 g/mol. The van der Waals surface area contributed by atoms with Gasteiger partial charge < -0.3 is 4.98 Å². The minimum atomic E-state index is 0.0197. The lowest BCUT2D eigenvalue weighted by atomic mass is 10.0. The van der Waals surface area contributed by atoms with Crippen LogP contribution in [-0.2, 0) is 6.54 Å². The molecule has 3 heterocycles. The quantitative estimate of drug-likeness (QED) is 0.921. The summed E-state index contributed by atoms with van der Waals surface area (Å²) in [5.41, 5.74) is 1.42. The molecule has 4 nitrogen and oxygen atoms in total. The number of aromatic amines is 1. The average Bonchev–Trinajstić information content (AvgIpc) is 3.02. The van der Waals surface area contributed by atoms with Crippen molar-refractivity contribution >= 4 is 11.3 Å². The first-order chi connectivity index (χ1) is 8.83. The van der Waals surface area contributed by atoms with E-state index in [2.05, 4.69) is 26.7 Å². The van der Waals surface area contributed by atoms with E-state index in [1.54, 1.807) is 17.5 Å². The number of nitrogens with one attached hydrogen (secondary N) is 1. The summed E-state index contributed by atoms with van der Waals surface area (Å²) < 4.78 is 1.84. The summed E-state index contributed by atoms with van der Waals surface area (Å²) >= 11 is 1.75. The van der Waals surface area contributed by atoms with Gasteiger partial charge in [0.25, 0.3) is 0 Å². The van der Waals surface area contributed by atoms with E-state index in [9.17, 15) is 4.79 Å². The topological polar surface area (TPSA) is 41.0 Å². The number of aromatic nitrogens is 2. The summed E-state index contributed by atoms with van der Waals surface area (Å²) in [5, 5.41) is 4.34. The Kier molecular flexibility index (Phi) is 3.34. The SMILES string of the molecule is O=c1[nH]ccn1C1CCN(Cc2ccsc2)CC1. The lowest BCUT2D eigenvalue weighted by molar-refractivity contribution is 0.178. The third-order valence-electron chi connectivity index (χ3n) is 3.61. The second-order valence-electron chi connectivity index (χ2n) is 4.81. The molecule has 1 aliphatic rings. The van der Waals surface area contributed by atoms with Crippen molar-refractivity contribution in [3.05, 3.63) is 45.3 Å². The van der Waals surface area contributed by atoms with Crippen molar-refractivity contribution in [1.29, 1.82) is 0 Å². The van der Waals surface area contributed by atoms with Crippen LogP contribution in [0.15, 0.2) is 34.0 Å². The predicted octanol–water partition coefficient (Wildman–Crippen LogP) is 2.08. The Morgan fingerprint density at radius 3 is 2.83 bits per heavy atom. The van der Waals surface area contributed by atoms with Crippen LogP contribution in [0.2, 0.25) is 0 Å². The van der Waals surface area contributed by atoms with Crippen molar-refractivity contribution in [1.82, 2.24) is 14.5 Å². The molecule has 1 saturated heterocycles. The number of nitrogens with zero attached hydrogens (tertiary/aromatic N) is 2. The largest absolute Gasteiger partial charge is 0.325 e. The predicted molar refractivity (Wildman–Crippen MR) is 72.9 cm³/mol. The van der Waals surface area contributed by atoms with E-state index in [-0.39, 0.29) is 5.69 Å². The molecule has 0 spiro atoms. The molecule has 1 fully saturated rings. The van der Waals surface area contributed by atoms with Gasteiger partial charge in [0.05, 0.1) is 0 Å². The molecule has 2 aromatic rings. The van der Waals surface area contributed by atoms with Gasteiger partial charge in [-0.1, -0.05) is 0 Å². The summed E-state index contributed by atoms with van der Waals surface area (Å²) in [4.78, 5) is 16.7. The molecule has 0 atom stereocenters. The van der Waals surface area contributed by atoms with Crippen LogP contribution in [0.3, 0.4) is 0 Å². The van der Waals surface area contributed by atoms with Gasteiger partial charge in [0.15, 0.2) is 0 Å². The second kappa shape index (κ2) is 5.12. The Hall–Kier alpha value is -1.33. The highest BCUT2D eigenvalue weighted by Crippen LogP contribution is 2.22. The minimum absolute atomic E-state index is 0.0197. The highest BCUT2D eigenvalue weighted by atomic mass is 32.1. The van der Waals surface area contributed by atoms with Crippen molar-refractivity contribution in [2.24, 2.45) is 0 Å². The number of imidazole rings is 1. The van der Waals surface area contributed by atoms with Crippen molar-refractivity contribution in [3.63, 3.8) is 0 Å². The van der Waals surface area contributed by atoms with Crippen LogP contribution < -0.4 is 5.69 Å². The number of thiophene rings is 1. The Bertz CT molecular complexity index is 535. The minimum Gasteiger partial charge on any atom is -0.313 e. The van der Waals surface area contributed by atoms with Crippen molar-refractivity contribution in [2.45, 2.75) is 25.4 Å². The Morgan fingerprint density at radius 1 is 1.39 bits per heavy atom. The number of hydrogen-bond donors (Lipinski definition) is 1. The molecule has 0 aliphatic carbocycles. The van der Waals surface area contributed by atoms with E-state index >= 15 is 0 Å². The van der Waals surface area contributed by atoms with Crippen LogP contribution >= 0.6 is 11.3 Å². The first-order valence-electron chi connectivity index (χ1n) is 6.32. The molecule has 96 valence electrons. The van der Waals surface area contributed by atoms with E-state index in [4.69, 9.17) is 0 Å². The van der Waals surface area contributed by atoms with Crippen molar-refractivity contribution in [3.8, 4) is 0 Å². The van der Waals surface area contributed by atoms with Crippen LogP contribution in [0.1, 0.15) is 24.4 Å². The molecule has 2 aromatic heterocycles. The molecular formula is C13H17N3OS. The summed E-state index contributed by atoms with van der Waals surface area (Å²) in [5.74, 6) is 0. The molecule has 0 radical (unpaired) electrons. The van der Waals surface area contributed by atoms with Gasteiger partial charge in [-0.05, 0) is 35.2 Å². The van der Waals surface area contributed by atoms with Gasteiger partial charge in [-0.3, -0.25) is 9.47 Å². The normalized spacial score (nSPS) is 18.2. The monoisotopic (exact) mass is 263 g/mol. The van der Waals surface area contributed by atoms with Gasteiger partial charge >= 0.3 is 5.69 Å². The molecule has 0 amide bonds. The van der Waals surface area contributed by atoms with E-state index < -0.39 is 0 Å². The van der Waals surface area contributed by atoms with E-state index in [0.29, 0.717) is 6.04 Å². The molecule has 0 saturated carbocycles. The number of hydrogen-bond acceptors (Lipinski definition) is 3. The molecule has 1 N–H and O–H groups in total.